The van der Waals surface area contributed by atoms with Crippen molar-refractivity contribution in [2.45, 2.75) is 56.5 Å². The van der Waals surface area contributed by atoms with Crippen molar-refractivity contribution in [3.63, 3.8) is 0 Å². The minimum Gasteiger partial charge on any atom is -0.388 e. The van der Waals surface area contributed by atoms with Gasteiger partial charge in [0, 0.05) is 0 Å². The minimum absolute atomic E-state index is 0.0413. The highest BCUT2D eigenvalue weighted by Crippen LogP contribution is 2.33. The van der Waals surface area contributed by atoms with E-state index in [9.17, 15) is 23.1 Å². The van der Waals surface area contributed by atoms with Crippen LogP contribution in [0, 0.1) is 0 Å². The van der Waals surface area contributed by atoms with Gasteiger partial charge in [0.25, 0.3) is 0 Å². The summed E-state index contributed by atoms with van der Waals surface area (Å²) in [7, 11) is 0. The Morgan fingerprint density at radius 3 is 2.75 bits per heavy atom. The van der Waals surface area contributed by atoms with Crippen LogP contribution in [0.2, 0.25) is 0 Å². The Balaban J connectivity index is 2.18. The quantitative estimate of drug-likeness (QED) is 0.713. The first-order valence-electron chi connectivity index (χ1n) is 7.30. The summed E-state index contributed by atoms with van der Waals surface area (Å²) in [5.41, 5.74) is 0. The Morgan fingerprint density at radius 1 is 1.50 bits per heavy atom. The Morgan fingerprint density at radius 2 is 2.17 bits per heavy atom. The van der Waals surface area contributed by atoms with Crippen LogP contribution in [-0.4, -0.2) is 66.8 Å². The van der Waals surface area contributed by atoms with Crippen molar-refractivity contribution in [1.82, 2.24) is 5.32 Å². The molecule has 2 fully saturated rings. The van der Waals surface area contributed by atoms with Gasteiger partial charge in [-0.3, -0.25) is 4.79 Å². The molecule has 2 rings (SSSR count). The number of aliphatic hydroxyl groups excluding tert-OH is 1. The van der Waals surface area contributed by atoms with E-state index in [1.807, 2.05) is 0 Å². The predicted octanol–water partition coefficient (Wildman–Crippen LogP) is 0.473. The lowest BCUT2D eigenvalue weighted by Crippen LogP contribution is -2.69. The second-order valence-electron chi connectivity index (χ2n) is 5.95. The van der Waals surface area contributed by atoms with Gasteiger partial charge < -0.3 is 29.4 Å². The molecule has 138 valence electrons. The van der Waals surface area contributed by atoms with Gasteiger partial charge in [-0.25, -0.2) is 0 Å². The SMILES string of the molecule is C=CCOC1O[C@@H]2COC(C)(C)OC2C(O)C1NC(=O)C(F)(F)F. The summed E-state index contributed by atoms with van der Waals surface area (Å²) in [6.07, 6.45) is -8.25. The van der Waals surface area contributed by atoms with Crippen LogP contribution in [0.25, 0.3) is 0 Å². The van der Waals surface area contributed by atoms with Crippen molar-refractivity contribution in [3.8, 4) is 0 Å². The van der Waals surface area contributed by atoms with Gasteiger partial charge in [0.05, 0.1) is 13.2 Å². The molecule has 0 aromatic heterocycles. The zero-order chi connectivity index (χ0) is 18.1. The third-order valence-corrected chi connectivity index (χ3v) is 3.62. The molecule has 0 bridgehead atoms. The zero-order valence-corrected chi connectivity index (χ0v) is 13.2. The minimum atomic E-state index is -5.10. The van der Waals surface area contributed by atoms with Crippen molar-refractivity contribution < 1.29 is 42.0 Å². The van der Waals surface area contributed by atoms with Crippen LogP contribution in [0.15, 0.2) is 12.7 Å². The van der Waals surface area contributed by atoms with Gasteiger partial charge in [-0.1, -0.05) is 6.08 Å². The van der Waals surface area contributed by atoms with Crippen LogP contribution in [0.4, 0.5) is 13.2 Å². The first kappa shape index (κ1) is 19.1. The number of rotatable bonds is 4. The molecule has 0 aromatic carbocycles. The second kappa shape index (κ2) is 6.96. The molecule has 0 radical (unpaired) electrons. The van der Waals surface area contributed by atoms with Gasteiger partial charge >= 0.3 is 12.1 Å². The van der Waals surface area contributed by atoms with Gasteiger partial charge in [-0.2, -0.15) is 13.2 Å². The third-order valence-electron chi connectivity index (χ3n) is 3.62. The third kappa shape index (κ3) is 4.25. The fourth-order valence-corrected chi connectivity index (χ4v) is 2.54. The molecule has 24 heavy (non-hydrogen) atoms. The molecular formula is C14H20F3NO6. The molecule has 2 aliphatic rings. The van der Waals surface area contributed by atoms with Crippen LogP contribution >= 0.6 is 0 Å². The van der Waals surface area contributed by atoms with Crippen LogP contribution in [0.1, 0.15) is 13.8 Å². The van der Waals surface area contributed by atoms with E-state index >= 15 is 0 Å². The maximum atomic E-state index is 12.5. The molecule has 0 saturated carbocycles. The van der Waals surface area contributed by atoms with E-state index in [1.165, 1.54) is 6.08 Å². The summed E-state index contributed by atoms with van der Waals surface area (Å²) >= 11 is 0. The molecule has 2 N–H and O–H groups in total. The van der Waals surface area contributed by atoms with Crippen LogP contribution in [0.3, 0.4) is 0 Å². The number of carbonyl (C=O) groups excluding carboxylic acids is 1. The van der Waals surface area contributed by atoms with Gasteiger partial charge in [0.1, 0.15) is 24.4 Å². The number of hydrogen-bond acceptors (Lipinski definition) is 6. The van der Waals surface area contributed by atoms with E-state index in [-0.39, 0.29) is 13.2 Å². The highest BCUT2D eigenvalue weighted by molar-refractivity contribution is 5.82. The highest BCUT2D eigenvalue weighted by atomic mass is 19.4. The molecule has 7 nitrogen and oxygen atoms in total. The summed E-state index contributed by atoms with van der Waals surface area (Å²) in [4.78, 5) is 11.2. The van der Waals surface area contributed by atoms with E-state index in [4.69, 9.17) is 18.9 Å². The van der Waals surface area contributed by atoms with E-state index in [2.05, 4.69) is 6.58 Å². The number of amides is 1. The Bertz CT molecular complexity index is 484. The first-order chi connectivity index (χ1) is 11.0. The molecule has 5 atom stereocenters. The predicted molar refractivity (Wildman–Crippen MR) is 73.7 cm³/mol. The number of hydrogen-bond donors (Lipinski definition) is 2. The fraction of sp³-hybridized carbons (Fsp3) is 0.786. The monoisotopic (exact) mass is 355 g/mol. The van der Waals surface area contributed by atoms with Gasteiger partial charge in [-0.15, -0.1) is 6.58 Å². The lowest BCUT2D eigenvalue weighted by molar-refractivity contribution is -0.368. The summed E-state index contributed by atoms with van der Waals surface area (Å²) in [6.45, 7) is 6.64. The lowest BCUT2D eigenvalue weighted by Gasteiger charge is -2.49. The number of fused-ring (bicyclic) bond motifs is 1. The van der Waals surface area contributed by atoms with Crippen molar-refractivity contribution >= 4 is 5.91 Å². The lowest BCUT2D eigenvalue weighted by atomic mass is 9.95. The van der Waals surface area contributed by atoms with Crippen molar-refractivity contribution in [1.29, 1.82) is 0 Å². The molecule has 0 aliphatic carbocycles. The average molecular weight is 355 g/mol. The summed E-state index contributed by atoms with van der Waals surface area (Å²) in [6, 6.07) is -1.46. The molecule has 0 spiro atoms. The standard InChI is InChI=1S/C14H20F3NO6/c1-4-5-21-11-8(18-12(20)14(15,16)17)9(19)10-7(23-11)6-22-13(2,3)24-10/h4,7-11,19H,1,5-6H2,2-3H3,(H,18,20)/t7-,8?,9?,10?,11?/m1/s1. The maximum absolute atomic E-state index is 12.5. The molecule has 10 heteroatoms. The number of aliphatic hydroxyl groups is 1. The Kier molecular flexibility index (Phi) is 5.55. The molecule has 2 heterocycles. The molecule has 4 unspecified atom stereocenters. The normalized spacial score (nSPS) is 35.8. The second-order valence-corrected chi connectivity index (χ2v) is 5.95. The van der Waals surface area contributed by atoms with Crippen LogP contribution in [-0.2, 0) is 23.7 Å². The number of carbonyl (C=O) groups is 1. The Hall–Kier alpha value is -1.20. The fourth-order valence-electron chi connectivity index (χ4n) is 2.54. The van der Waals surface area contributed by atoms with E-state index in [0.29, 0.717) is 0 Å². The molecule has 2 aliphatic heterocycles. The number of alkyl halides is 3. The van der Waals surface area contributed by atoms with E-state index in [1.54, 1.807) is 19.2 Å². The summed E-state index contributed by atoms with van der Waals surface area (Å²) < 4.78 is 59.3. The number of ether oxygens (including phenoxy) is 4. The smallest absolute Gasteiger partial charge is 0.388 e. The highest BCUT2D eigenvalue weighted by Gasteiger charge is 2.53. The van der Waals surface area contributed by atoms with Crippen molar-refractivity contribution in [2.24, 2.45) is 0 Å². The van der Waals surface area contributed by atoms with Gasteiger partial charge in [0.15, 0.2) is 12.1 Å². The topological polar surface area (TPSA) is 86.2 Å². The van der Waals surface area contributed by atoms with Crippen molar-refractivity contribution in [2.75, 3.05) is 13.2 Å². The van der Waals surface area contributed by atoms with E-state index in [0.717, 1.165) is 0 Å². The molecule has 2 saturated heterocycles. The van der Waals surface area contributed by atoms with Crippen molar-refractivity contribution in [3.05, 3.63) is 12.7 Å². The average Bonchev–Trinajstić information content (AvgIpc) is 2.47. The van der Waals surface area contributed by atoms with Crippen LogP contribution < -0.4 is 5.32 Å². The molecular weight excluding hydrogens is 335 g/mol. The van der Waals surface area contributed by atoms with Gasteiger partial charge in [0.2, 0.25) is 0 Å². The van der Waals surface area contributed by atoms with E-state index < -0.39 is 48.5 Å². The summed E-state index contributed by atoms with van der Waals surface area (Å²) in [5.74, 6) is -3.24. The van der Waals surface area contributed by atoms with Gasteiger partial charge in [-0.05, 0) is 13.8 Å². The largest absolute Gasteiger partial charge is 0.471 e. The van der Waals surface area contributed by atoms with Crippen LogP contribution in [0.5, 0.6) is 0 Å². The number of halogens is 3. The molecule has 1 amide bonds. The summed E-state index contributed by atoms with van der Waals surface area (Å²) in [5, 5.41) is 12.1. The first-order valence-corrected chi connectivity index (χ1v) is 7.30. The molecule has 0 aromatic rings. The number of nitrogens with one attached hydrogen (secondary N) is 1. The zero-order valence-electron chi connectivity index (χ0n) is 13.2. The maximum Gasteiger partial charge on any atom is 0.471 e. The Labute approximate surface area is 136 Å².